The fourth-order valence-corrected chi connectivity index (χ4v) is 8.61. The van der Waals surface area contributed by atoms with Crippen LogP contribution in [-0.4, -0.2) is 20.3 Å². The molecule has 1 aromatic rings. The van der Waals surface area contributed by atoms with Gasteiger partial charge in [0, 0.05) is 5.57 Å². The van der Waals surface area contributed by atoms with Gasteiger partial charge in [-0.05, 0) is 92.6 Å². The van der Waals surface area contributed by atoms with Gasteiger partial charge in [0.15, 0.2) is 0 Å². The molecule has 4 aliphatic carbocycles. The van der Waals surface area contributed by atoms with Crippen LogP contribution in [0.2, 0.25) is 0 Å². The lowest BCUT2D eigenvalue weighted by atomic mass is 9.48. The van der Waals surface area contributed by atoms with Crippen LogP contribution >= 0.6 is 0 Å². The van der Waals surface area contributed by atoms with Gasteiger partial charge in [-0.15, -0.1) is 0 Å². The van der Waals surface area contributed by atoms with Crippen LogP contribution < -0.4 is 4.72 Å². The van der Waals surface area contributed by atoms with Crippen LogP contribution in [0.1, 0.15) is 83.3 Å². The summed E-state index contributed by atoms with van der Waals surface area (Å²) in [6.45, 7) is 8.40. The van der Waals surface area contributed by atoms with E-state index in [0.29, 0.717) is 16.7 Å². The second kappa shape index (κ2) is 6.94. The zero-order valence-corrected chi connectivity index (χ0v) is 19.4. The number of benzene rings is 1. The predicted molar refractivity (Wildman–Crippen MR) is 123 cm³/mol. The molecule has 0 radical (unpaired) electrons. The van der Waals surface area contributed by atoms with Crippen molar-refractivity contribution in [2.75, 3.05) is 0 Å². The summed E-state index contributed by atoms with van der Waals surface area (Å²) in [6, 6.07) is 8.07. The van der Waals surface area contributed by atoms with E-state index in [0.717, 1.165) is 28.9 Å². The van der Waals surface area contributed by atoms with Crippen LogP contribution in [0.4, 0.5) is 0 Å². The summed E-state index contributed by atoms with van der Waals surface area (Å²) in [5, 5.41) is 0. The minimum absolute atomic E-state index is 0.154. The number of nitrogens with zero attached hydrogens (tertiary/aromatic N) is 1. The number of nitrogens with one attached hydrogen (secondary N) is 1. The molecule has 6 rings (SSSR count). The van der Waals surface area contributed by atoms with E-state index in [1.807, 2.05) is 31.2 Å². The van der Waals surface area contributed by atoms with Gasteiger partial charge in [0.25, 0.3) is 10.0 Å². The van der Waals surface area contributed by atoms with E-state index in [9.17, 15) is 8.42 Å². The fourth-order valence-electron chi connectivity index (χ4n) is 7.10. The molecule has 0 aromatic heterocycles. The van der Waals surface area contributed by atoms with E-state index in [2.05, 4.69) is 25.5 Å². The lowest BCUT2D eigenvalue weighted by Crippen LogP contribution is -2.50. The highest BCUT2D eigenvalue weighted by molar-refractivity contribution is 8.00. The van der Waals surface area contributed by atoms with E-state index in [1.54, 1.807) is 0 Å². The molecule has 1 atom stereocenters. The summed E-state index contributed by atoms with van der Waals surface area (Å²) in [5.74, 6) is 3.58. The monoisotopic (exact) mass is 426 g/mol. The molecule has 5 heteroatoms. The summed E-state index contributed by atoms with van der Waals surface area (Å²) in [6.07, 6.45) is 8.04. The van der Waals surface area contributed by atoms with Gasteiger partial charge in [0.2, 0.25) is 0 Å². The number of aliphatic imine (C=N–C) groups is 1. The normalized spacial score (nSPS) is 36.6. The van der Waals surface area contributed by atoms with Gasteiger partial charge in [-0.25, -0.2) is 8.42 Å². The first-order valence-electron chi connectivity index (χ1n) is 11.6. The standard InChI is InChI=1S/C25H34N2O2S/c1-15(2)21-5-7-22(8-6-21)23-16(3)24(27-30(23,28)29)26-17(4)25-12-18-9-19(13-25)11-20(10-18)14-25/h5-8,15,17-20H,9-14H2,1-4H3,(H,26,27)/t17-,18?,19?,20?,25?/m0/s1. The Morgan fingerprint density at radius 2 is 1.50 bits per heavy atom. The van der Waals surface area contributed by atoms with Crippen LogP contribution in [0.15, 0.2) is 34.8 Å². The highest BCUT2D eigenvalue weighted by atomic mass is 32.2. The summed E-state index contributed by atoms with van der Waals surface area (Å²) in [5.41, 5.74) is 2.99. The Hall–Kier alpha value is -1.62. The Balaban J connectivity index is 1.47. The van der Waals surface area contributed by atoms with Gasteiger partial charge in [0.1, 0.15) is 10.7 Å². The third kappa shape index (κ3) is 3.24. The Morgan fingerprint density at radius 3 is 2.00 bits per heavy atom. The van der Waals surface area contributed by atoms with Gasteiger partial charge in [0.05, 0.1) is 6.04 Å². The number of amidine groups is 1. The summed E-state index contributed by atoms with van der Waals surface area (Å²) in [7, 11) is -3.57. The van der Waals surface area contributed by atoms with Crippen molar-refractivity contribution in [2.24, 2.45) is 28.2 Å². The SMILES string of the molecule is CC1=C(c2ccc(C(C)C)cc2)S(=O)(=O)NC1=N[C@@H](C)C12CC3CC(CC(C3)C1)C2. The lowest BCUT2D eigenvalue weighted by Gasteiger charge is -2.58. The molecule has 0 amide bonds. The Kier molecular flexibility index (Phi) is 4.70. The zero-order valence-electron chi connectivity index (χ0n) is 18.6. The molecule has 1 aliphatic heterocycles. The Bertz CT molecular complexity index is 982. The third-order valence-electron chi connectivity index (χ3n) is 8.33. The largest absolute Gasteiger partial charge is 0.264 e. The molecule has 5 aliphatic rings. The van der Waals surface area contributed by atoms with Crippen molar-refractivity contribution < 1.29 is 8.42 Å². The maximum Gasteiger partial charge on any atom is 0.264 e. The Labute approximate surface area is 181 Å². The molecule has 4 fully saturated rings. The van der Waals surface area contributed by atoms with Crippen molar-refractivity contribution in [3.63, 3.8) is 0 Å². The first-order chi connectivity index (χ1) is 14.2. The molecule has 1 N–H and O–H groups in total. The maximum absolute atomic E-state index is 13.0. The molecular weight excluding hydrogens is 392 g/mol. The van der Waals surface area contributed by atoms with Gasteiger partial charge >= 0.3 is 0 Å². The number of rotatable bonds is 4. The van der Waals surface area contributed by atoms with Gasteiger partial charge in [-0.3, -0.25) is 9.71 Å². The summed E-state index contributed by atoms with van der Waals surface area (Å²) in [4.78, 5) is 5.42. The highest BCUT2D eigenvalue weighted by Crippen LogP contribution is 2.61. The molecule has 4 saturated carbocycles. The number of sulfonamides is 1. The van der Waals surface area contributed by atoms with Crippen LogP contribution in [0.3, 0.4) is 0 Å². The first kappa shape index (κ1) is 20.3. The molecule has 30 heavy (non-hydrogen) atoms. The first-order valence-corrected chi connectivity index (χ1v) is 13.1. The minimum atomic E-state index is -3.57. The molecule has 0 spiro atoms. The Morgan fingerprint density at radius 1 is 0.967 bits per heavy atom. The molecule has 4 nitrogen and oxygen atoms in total. The van der Waals surface area contributed by atoms with E-state index in [1.165, 1.54) is 44.1 Å². The van der Waals surface area contributed by atoms with Crippen LogP contribution in [0, 0.1) is 23.2 Å². The molecule has 0 saturated heterocycles. The second-order valence-electron chi connectivity index (χ2n) is 10.8. The molecule has 1 aromatic carbocycles. The minimum Gasteiger partial charge on any atom is -0.264 e. The van der Waals surface area contributed by atoms with Gasteiger partial charge in [-0.1, -0.05) is 38.1 Å². The quantitative estimate of drug-likeness (QED) is 0.693. The molecule has 162 valence electrons. The second-order valence-corrected chi connectivity index (χ2v) is 12.4. The maximum atomic E-state index is 13.0. The topological polar surface area (TPSA) is 58.5 Å². The lowest BCUT2D eigenvalue weighted by molar-refractivity contribution is -0.0633. The van der Waals surface area contributed by atoms with Crippen molar-refractivity contribution in [3.8, 4) is 0 Å². The van der Waals surface area contributed by atoms with E-state index < -0.39 is 10.0 Å². The molecule has 4 bridgehead atoms. The van der Waals surface area contributed by atoms with Crippen molar-refractivity contribution in [2.45, 2.75) is 78.2 Å². The van der Waals surface area contributed by atoms with E-state index >= 15 is 0 Å². The molecule has 1 heterocycles. The number of hydrogen-bond acceptors (Lipinski definition) is 3. The van der Waals surface area contributed by atoms with E-state index in [-0.39, 0.29) is 11.5 Å². The van der Waals surface area contributed by atoms with Gasteiger partial charge in [-0.2, -0.15) is 0 Å². The average Bonchev–Trinajstić information content (AvgIpc) is 2.88. The summed E-state index contributed by atoms with van der Waals surface area (Å²) < 4.78 is 28.7. The predicted octanol–water partition coefficient (Wildman–Crippen LogP) is 5.48. The average molecular weight is 427 g/mol. The molecular formula is C25H34N2O2S. The van der Waals surface area contributed by atoms with Crippen LogP contribution in [-0.2, 0) is 10.0 Å². The molecule has 0 unspecified atom stereocenters. The number of hydrogen-bond donors (Lipinski definition) is 1. The van der Waals surface area contributed by atoms with Crippen LogP contribution in [0.5, 0.6) is 0 Å². The zero-order chi connectivity index (χ0) is 21.3. The highest BCUT2D eigenvalue weighted by Gasteiger charge is 2.53. The van der Waals surface area contributed by atoms with Gasteiger partial charge < -0.3 is 0 Å². The van der Waals surface area contributed by atoms with Crippen molar-refractivity contribution in [3.05, 3.63) is 41.0 Å². The fraction of sp³-hybridized carbons (Fsp3) is 0.640. The third-order valence-corrected chi connectivity index (χ3v) is 9.87. The summed E-state index contributed by atoms with van der Waals surface area (Å²) >= 11 is 0. The van der Waals surface area contributed by atoms with Crippen molar-refractivity contribution in [1.82, 2.24) is 4.72 Å². The smallest absolute Gasteiger partial charge is 0.264 e. The van der Waals surface area contributed by atoms with E-state index in [4.69, 9.17) is 4.99 Å². The van der Waals surface area contributed by atoms with Crippen LogP contribution in [0.25, 0.3) is 4.91 Å². The van der Waals surface area contributed by atoms with Crippen molar-refractivity contribution in [1.29, 1.82) is 0 Å². The van der Waals surface area contributed by atoms with Crippen molar-refractivity contribution >= 4 is 20.8 Å².